The lowest BCUT2D eigenvalue weighted by Gasteiger charge is -2.08. The van der Waals surface area contributed by atoms with Gasteiger partial charge < -0.3 is 11.1 Å². The molecule has 0 aliphatic rings. The van der Waals surface area contributed by atoms with Crippen LogP contribution in [0.2, 0.25) is 0 Å². The van der Waals surface area contributed by atoms with Crippen molar-refractivity contribution < 1.29 is 9.00 Å². The van der Waals surface area contributed by atoms with Gasteiger partial charge in [-0.1, -0.05) is 6.92 Å². The molecule has 18 heavy (non-hydrogen) atoms. The van der Waals surface area contributed by atoms with Crippen molar-refractivity contribution in [2.45, 2.75) is 31.6 Å². The molecule has 0 radical (unpaired) electrons. The molecule has 1 aromatic heterocycles. The van der Waals surface area contributed by atoms with Crippen LogP contribution in [0, 0.1) is 0 Å². The lowest BCUT2D eigenvalue weighted by atomic mass is 10.3. The fraction of sp³-hybridized carbons (Fsp3) is 0.636. The van der Waals surface area contributed by atoms with Crippen LogP contribution in [0.15, 0.2) is 5.38 Å². The Hall–Kier alpha value is -0.790. The highest BCUT2D eigenvalue weighted by atomic mass is 32.2. The molecule has 0 bridgehead atoms. The largest absolute Gasteiger partial charge is 0.351 e. The minimum atomic E-state index is -0.853. The number of amides is 1. The second-order valence-corrected chi connectivity index (χ2v) is 6.91. The normalized spacial score (nSPS) is 16.0. The summed E-state index contributed by atoms with van der Waals surface area (Å²) < 4.78 is 11.1. The van der Waals surface area contributed by atoms with E-state index in [4.69, 9.17) is 5.73 Å². The zero-order valence-electron chi connectivity index (χ0n) is 10.8. The van der Waals surface area contributed by atoms with Gasteiger partial charge in [-0.25, -0.2) is 4.98 Å². The third-order valence-corrected chi connectivity index (χ3v) is 4.96. The molecule has 1 heterocycles. The first kappa shape index (κ1) is 15.3. The predicted octanol–water partition coefficient (Wildman–Crippen LogP) is 1.05. The number of hydrogen-bond acceptors (Lipinski definition) is 5. The maximum Gasteiger partial charge on any atom is 0.270 e. The molecule has 1 amide bonds. The molecule has 1 aromatic rings. The van der Waals surface area contributed by atoms with E-state index >= 15 is 0 Å². The fourth-order valence-electron chi connectivity index (χ4n) is 1.25. The standard InChI is InChI=1S/C11H19N3O2S2/c1-7(18(3)16)4-5-13-10(15)9-6-17-11(14-9)8(2)12/h6-8H,4-5,12H2,1-3H3,(H,13,15). The molecule has 0 saturated carbocycles. The first-order valence-electron chi connectivity index (χ1n) is 5.73. The van der Waals surface area contributed by atoms with Gasteiger partial charge in [0, 0.05) is 34.2 Å². The number of aromatic nitrogens is 1. The Balaban J connectivity index is 2.43. The van der Waals surface area contributed by atoms with Gasteiger partial charge in [-0.05, 0) is 13.3 Å². The number of hydrogen-bond donors (Lipinski definition) is 2. The molecule has 3 atom stereocenters. The number of nitrogens with two attached hydrogens (primary N) is 1. The van der Waals surface area contributed by atoms with Crippen LogP contribution in [0.25, 0.3) is 0 Å². The summed E-state index contributed by atoms with van der Waals surface area (Å²) in [5, 5.41) is 5.31. The molecular formula is C11H19N3O2S2. The molecule has 0 fully saturated rings. The first-order chi connectivity index (χ1) is 8.41. The summed E-state index contributed by atoms with van der Waals surface area (Å²) in [4.78, 5) is 15.9. The summed E-state index contributed by atoms with van der Waals surface area (Å²) >= 11 is 1.39. The summed E-state index contributed by atoms with van der Waals surface area (Å²) in [5.74, 6) is -0.202. The highest BCUT2D eigenvalue weighted by Gasteiger charge is 2.13. The topological polar surface area (TPSA) is 85.1 Å². The summed E-state index contributed by atoms with van der Waals surface area (Å²) in [6, 6.07) is -0.154. The molecule has 3 unspecified atom stereocenters. The Morgan fingerprint density at radius 3 is 2.78 bits per heavy atom. The zero-order valence-corrected chi connectivity index (χ0v) is 12.4. The van der Waals surface area contributed by atoms with E-state index < -0.39 is 10.8 Å². The number of thiazole rings is 1. The summed E-state index contributed by atoms with van der Waals surface area (Å²) in [5.41, 5.74) is 6.08. The molecule has 3 N–H and O–H groups in total. The van der Waals surface area contributed by atoms with Gasteiger partial charge in [0.25, 0.3) is 5.91 Å². The molecule has 102 valence electrons. The first-order valence-corrected chi connectivity index (χ1v) is 8.23. The van der Waals surface area contributed by atoms with Crippen LogP contribution < -0.4 is 11.1 Å². The maximum absolute atomic E-state index is 11.7. The lowest BCUT2D eigenvalue weighted by Crippen LogP contribution is -2.27. The molecule has 1 rings (SSSR count). The van der Waals surface area contributed by atoms with Crippen LogP contribution >= 0.6 is 11.3 Å². The van der Waals surface area contributed by atoms with Crippen LogP contribution in [0.3, 0.4) is 0 Å². The van der Waals surface area contributed by atoms with Crippen molar-refractivity contribution in [1.29, 1.82) is 0 Å². The van der Waals surface area contributed by atoms with E-state index in [-0.39, 0.29) is 17.2 Å². The average molecular weight is 289 g/mol. The summed E-state index contributed by atoms with van der Waals surface area (Å²) in [7, 11) is -0.853. The second-order valence-electron chi connectivity index (χ2n) is 4.21. The van der Waals surface area contributed by atoms with Gasteiger partial charge in [-0.2, -0.15) is 0 Å². The highest BCUT2D eigenvalue weighted by molar-refractivity contribution is 7.84. The van der Waals surface area contributed by atoms with Crippen LogP contribution in [-0.4, -0.2) is 33.2 Å². The quantitative estimate of drug-likeness (QED) is 0.819. The van der Waals surface area contributed by atoms with Gasteiger partial charge in [-0.3, -0.25) is 9.00 Å². The number of nitrogens with one attached hydrogen (secondary N) is 1. The smallest absolute Gasteiger partial charge is 0.270 e. The van der Waals surface area contributed by atoms with E-state index in [1.165, 1.54) is 11.3 Å². The molecule has 0 aliphatic heterocycles. The Labute approximate surface area is 114 Å². The molecule has 0 spiro atoms. The van der Waals surface area contributed by atoms with Gasteiger partial charge in [0.15, 0.2) is 0 Å². The number of carbonyl (C=O) groups is 1. The van der Waals surface area contributed by atoms with E-state index in [2.05, 4.69) is 10.3 Å². The SMILES string of the molecule is CC(N)c1nc(C(=O)NCCC(C)S(C)=O)cs1. The van der Waals surface area contributed by atoms with Crippen molar-refractivity contribution in [1.82, 2.24) is 10.3 Å². The van der Waals surface area contributed by atoms with Gasteiger partial charge in [0.2, 0.25) is 0 Å². The lowest BCUT2D eigenvalue weighted by molar-refractivity contribution is 0.0949. The summed E-state index contributed by atoms with van der Waals surface area (Å²) in [6.07, 6.45) is 2.36. The van der Waals surface area contributed by atoms with Crippen molar-refractivity contribution >= 4 is 28.0 Å². The van der Waals surface area contributed by atoms with Crippen molar-refractivity contribution in [3.05, 3.63) is 16.1 Å². The van der Waals surface area contributed by atoms with E-state index in [0.717, 1.165) is 5.01 Å². The Kier molecular flexibility index (Phi) is 5.90. The van der Waals surface area contributed by atoms with E-state index in [1.807, 2.05) is 13.8 Å². The van der Waals surface area contributed by atoms with Crippen molar-refractivity contribution in [2.24, 2.45) is 5.73 Å². The molecule has 7 heteroatoms. The highest BCUT2D eigenvalue weighted by Crippen LogP contribution is 2.15. The monoisotopic (exact) mass is 289 g/mol. The van der Waals surface area contributed by atoms with Crippen LogP contribution in [0.4, 0.5) is 0 Å². The minimum Gasteiger partial charge on any atom is -0.351 e. The van der Waals surface area contributed by atoms with Crippen molar-refractivity contribution in [3.63, 3.8) is 0 Å². The molecule has 0 saturated heterocycles. The van der Waals surface area contributed by atoms with E-state index in [9.17, 15) is 9.00 Å². The maximum atomic E-state index is 11.7. The molecule has 5 nitrogen and oxygen atoms in total. The number of carbonyl (C=O) groups excluding carboxylic acids is 1. The van der Waals surface area contributed by atoms with E-state index in [0.29, 0.717) is 18.7 Å². The van der Waals surface area contributed by atoms with Crippen molar-refractivity contribution in [3.8, 4) is 0 Å². The third kappa shape index (κ3) is 4.47. The Morgan fingerprint density at radius 1 is 1.61 bits per heavy atom. The van der Waals surface area contributed by atoms with Gasteiger partial charge in [0.1, 0.15) is 10.7 Å². The average Bonchev–Trinajstić information content (AvgIpc) is 2.77. The predicted molar refractivity (Wildman–Crippen MR) is 75.2 cm³/mol. The van der Waals surface area contributed by atoms with Crippen LogP contribution in [0.5, 0.6) is 0 Å². The second kappa shape index (κ2) is 6.96. The minimum absolute atomic E-state index is 0.0837. The zero-order chi connectivity index (χ0) is 13.7. The Bertz CT molecular complexity index is 432. The van der Waals surface area contributed by atoms with Gasteiger partial charge >= 0.3 is 0 Å². The third-order valence-electron chi connectivity index (χ3n) is 2.55. The Morgan fingerprint density at radius 2 is 2.28 bits per heavy atom. The molecule has 0 aliphatic carbocycles. The van der Waals surface area contributed by atoms with Gasteiger partial charge in [0.05, 0.1) is 6.04 Å². The molecular weight excluding hydrogens is 270 g/mol. The fourth-order valence-corrected chi connectivity index (χ4v) is 2.45. The molecule has 0 aromatic carbocycles. The van der Waals surface area contributed by atoms with Crippen LogP contribution in [0.1, 0.15) is 41.8 Å². The van der Waals surface area contributed by atoms with E-state index in [1.54, 1.807) is 11.6 Å². The number of rotatable bonds is 6. The number of nitrogens with zero attached hydrogens (tertiary/aromatic N) is 1. The van der Waals surface area contributed by atoms with Crippen LogP contribution in [-0.2, 0) is 10.8 Å². The van der Waals surface area contributed by atoms with Gasteiger partial charge in [-0.15, -0.1) is 11.3 Å². The van der Waals surface area contributed by atoms with Crippen molar-refractivity contribution in [2.75, 3.05) is 12.8 Å². The summed E-state index contributed by atoms with van der Waals surface area (Å²) in [6.45, 7) is 4.24.